The van der Waals surface area contributed by atoms with Gasteiger partial charge in [0.25, 0.3) is 0 Å². The van der Waals surface area contributed by atoms with Gasteiger partial charge >= 0.3 is 25.0 Å². The van der Waals surface area contributed by atoms with Crippen LogP contribution in [0.25, 0.3) is 0 Å². The number of hydrogen-bond donors (Lipinski definition) is 2. The van der Waals surface area contributed by atoms with E-state index in [-0.39, 0.29) is 10.6 Å². The van der Waals surface area contributed by atoms with E-state index < -0.39 is 43.5 Å². The van der Waals surface area contributed by atoms with Crippen LogP contribution in [-0.4, -0.2) is 37.0 Å². The molecule has 0 amide bonds. The van der Waals surface area contributed by atoms with Crippen molar-refractivity contribution in [2.24, 2.45) is 0 Å². The van der Waals surface area contributed by atoms with Gasteiger partial charge in [-0.25, -0.2) is 10.6 Å². The maximum atomic E-state index is 12.2. The molecule has 0 aliphatic heterocycles. The fourth-order valence-corrected chi connectivity index (χ4v) is 1.18. The van der Waals surface area contributed by atoms with Gasteiger partial charge in [-0.3, -0.25) is 0 Å². The lowest BCUT2D eigenvalue weighted by Gasteiger charge is -2.29. The largest absolute Gasteiger partial charge is 0.457 e. The first kappa shape index (κ1) is 20.1. The molecule has 0 aliphatic carbocycles. The molecule has 0 aromatic heterocycles. The molecule has 0 saturated heterocycles. The molecule has 0 spiro atoms. The molecular weight excluding hydrogens is 340 g/mol. The lowest BCUT2D eigenvalue weighted by molar-refractivity contribution is -0.242. The monoisotopic (exact) mass is 346 g/mol. The normalized spacial score (nSPS) is 17.7. The van der Waals surface area contributed by atoms with E-state index in [9.17, 15) is 52.7 Å². The average molecular weight is 346 g/mol. The summed E-state index contributed by atoms with van der Waals surface area (Å²) >= 11 is 0. The van der Waals surface area contributed by atoms with Crippen molar-refractivity contribution in [3.05, 3.63) is 0 Å². The van der Waals surface area contributed by atoms with Gasteiger partial charge in [0.2, 0.25) is 0 Å². The maximum Gasteiger partial charge on any atom is 0.457 e. The zero-order valence-corrected chi connectivity index (χ0v) is 9.40. The van der Waals surface area contributed by atoms with Gasteiger partial charge in [-0.15, -0.1) is 0 Å². The van der Waals surface area contributed by atoms with Crippen LogP contribution in [0, 0.1) is 0 Å². The molecule has 2 atom stereocenters. The zero-order chi connectivity index (χ0) is 17.3. The highest BCUT2D eigenvalue weighted by molar-refractivity contribution is 4.86. The Balaban J connectivity index is 5.23. The summed E-state index contributed by atoms with van der Waals surface area (Å²) in [6, 6.07) is -7.72. The molecule has 2 N–H and O–H groups in total. The molecule has 21 heavy (non-hydrogen) atoms. The van der Waals surface area contributed by atoms with Gasteiger partial charge in [0, 0.05) is 0 Å². The molecule has 0 bridgehead atoms. The first-order chi connectivity index (χ1) is 8.92. The Morgan fingerprint density at radius 3 is 0.905 bits per heavy atom. The van der Waals surface area contributed by atoms with Gasteiger partial charge in [-0.1, -0.05) is 0 Å². The van der Waals surface area contributed by atoms with Crippen molar-refractivity contribution in [3.8, 4) is 0 Å². The Hall–Kier alpha value is -0.920. The molecule has 0 fully saturated rings. The van der Waals surface area contributed by atoms with Crippen molar-refractivity contribution in [1.29, 1.82) is 0 Å². The SMILES string of the molecule is FC(F)(F)NC(CC(NC(F)(F)F)C(F)(F)F)C(F)(F)F. The Morgan fingerprint density at radius 1 is 0.524 bits per heavy atom. The van der Waals surface area contributed by atoms with Crippen LogP contribution in [0.1, 0.15) is 6.42 Å². The fraction of sp³-hybridized carbons (Fsp3) is 1.00. The third-order valence-corrected chi connectivity index (χ3v) is 1.94. The standard InChI is InChI=1S/C7H6F12N2/c8-4(9,10)2(20-6(14,15)16)1-3(5(11,12)13)21-7(17,18)19/h2-3,20-21H,1H2. The molecule has 128 valence electrons. The Bertz CT molecular complexity index is 290. The van der Waals surface area contributed by atoms with E-state index in [1.165, 1.54) is 0 Å². The summed E-state index contributed by atoms with van der Waals surface area (Å²) in [6.45, 7) is 0. The highest BCUT2D eigenvalue weighted by Gasteiger charge is 2.53. The van der Waals surface area contributed by atoms with E-state index in [4.69, 9.17) is 0 Å². The predicted molar refractivity (Wildman–Crippen MR) is 42.7 cm³/mol. The third-order valence-electron chi connectivity index (χ3n) is 1.94. The molecule has 0 rings (SSSR count). The summed E-state index contributed by atoms with van der Waals surface area (Å²) in [5.74, 6) is 0. The van der Waals surface area contributed by atoms with E-state index in [1.54, 1.807) is 0 Å². The van der Waals surface area contributed by atoms with Crippen molar-refractivity contribution < 1.29 is 52.7 Å². The Morgan fingerprint density at radius 2 is 0.762 bits per heavy atom. The number of halogens is 12. The van der Waals surface area contributed by atoms with Crippen molar-refractivity contribution >= 4 is 0 Å². The minimum absolute atomic E-state index is 0.148. The van der Waals surface area contributed by atoms with Crippen molar-refractivity contribution in [1.82, 2.24) is 10.6 Å². The van der Waals surface area contributed by atoms with Gasteiger partial charge in [0.15, 0.2) is 0 Å². The smallest absolute Gasteiger partial charge is 0.216 e. The van der Waals surface area contributed by atoms with Crippen LogP contribution in [0.3, 0.4) is 0 Å². The molecule has 0 saturated carbocycles. The fourth-order valence-electron chi connectivity index (χ4n) is 1.18. The average Bonchev–Trinajstić information content (AvgIpc) is 2.07. The summed E-state index contributed by atoms with van der Waals surface area (Å²) in [5, 5.41) is -0.296. The summed E-state index contributed by atoms with van der Waals surface area (Å²) in [4.78, 5) is 0. The summed E-state index contributed by atoms with van der Waals surface area (Å²) < 4.78 is 144. The summed E-state index contributed by atoms with van der Waals surface area (Å²) in [7, 11) is 0. The maximum absolute atomic E-state index is 12.2. The van der Waals surface area contributed by atoms with Crippen LogP contribution in [0.2, 0.25) is 0 Å². The van der Waals surface area contributed by atoms with Crippen molar-refractivity contribution in [3.63, 3.8) is 0 Å². The molecule has 0 aromatic carbocycles. The topological polar surface area (TPSA) is 24.1 Å². The highest BCUT2D eigenvalue weighted by Crippen LogP contribution is 2.32. The third kappa shape index (κ3) is 8.85. The first-order valence-electron chi connectivity index (χ1n) is 4.74. The molecule has 0 heterocycles. The van der Waals surface area contributed by atoms with Crippen molar-refractivity contribution in [2.45, 2.75) is 43.5 Å². The second-order valence-electron chi connectivity index (χ2n) is 3.71. The van der Waals surface area contributed by atoms with Gasteiger partial charge < -0.3 is 0 Å². The molecule has 14 heteroatoms. The van der Waals surface area contributed by atoms with Crippen LogP contribution in [0.15, 0.2) is 0 Å². The van der Waals surface area contributed by atoms with Crippen LogP contribution in [0.5, 0.6) is 0 Å². The van der Waals surface area contributed by atoms with Gasteiger partial charge in [-0.05, 0) is 6.42 Å². The molecule has 2 unspecified atom stereocenters. The number of hydrogen-bond acceptors (Lipinski definition) is 2. The second-order valence-corrected chi connectivity index (χ2v) is 3.71. The quantitative estimate of drug-likeness (QED) is 0.602. The first-order valence-corrected chi connectivity index (χ1v) is 4.74. The van der Waals surface area contributed by atoms with Crippen LogP contribution < -0.4 is 10.6 Å². The lowest BCUT2D eigenvalue weighted by atomic mass is 10.1. The van der Waals surface area contributed by atoms with Crippen LogP contribution in [-0.2, 0) is 0 Å². The highest BCUT2D eigenvalue weighted by atomic mass is 19.4. The van der Waals surface area contributed by atoms with E-state index in [2.05, 4.69) is 0 Å². The minimum Gasteiger partial charge on any atom is -0.216 e. The molecule has 2 nitrogen and oxygen atoms in total. The van der Waals surface area contributed by atoms with E-state index in [0.29, 0.717) is 0 Å². The second kappa shape index (κ2) is 6.06. The Kier molecular flexibility index (Phi) is 5.79. The van der Waals surface area contributed by atoms with E-state index in [1.807, 2.05) is 0 Å². The van der Waals surface area contributed by atoms with Crippen LogP contribution >= 0.6 is 0 Å². The van der Waals surface area contributed by atoms with E-state index >= 15 is 0 Å². The molecular formula is C7H6F12N2. The van der Waals surface area contributed by atoms with Gasteiger partial charge in [-0.2, -0.15) is 52.7 Å². The number of nitrogens with one attached hydrogen (secondary N) is 2. The van der Waals surface area contributed by atoms with Gasteiger partial charge in [0.1, 0.15) is 12.1 Å². The zero-order valence-electron chi connectivity index (χ0n) is 9.40. The molecule has 0 radical (unpaired) electrons. The molecule has 0 aliphatic rings. The Labute approximate surface area is 108 Å². The van der Waals surface area contributed by atoms with Crippen LogP contribution in [0.4, 0.5) is 52.7 Å². The summed E-state index contributed by atoms with van der Waals surface area (Å²) in [5.41, 5.74) is 0. The van der Waals surface area contributed by atoms with Gasteiger partial charge in [0.05, 0.1) is 0 Å². The van der Waals surface area contributed by atoms with E-state index in [0.717, 1.165) is 0 Å². The minimum atomic E-state index is -5.84. The number of rotatable bonds is 4. The predicted octanol–water partition coefficient (Wildman–Crippen LogP) is 3.46. The molecule has 0 aromatic rings. The lowest BCUT2D eigenvalue weighted by Crippen LogP contribution is -2.57. The number of alkyl halides is 12. The summed E-state index contributed by atoms with van der Waals surface area (Å²) in [6.07, 6.45) is -25.7. The van der Waals surface area contributed by atoms with Crippen molar-refractivity contribution in [2.75, 3.05) is 0 Å².